The Morgan fingerprint density at radius 3 is 2.95 bits per heavy atom. The zero-order chi connectivity index (χ0) is 13.2. The van der Waals surface area contributed by atoms with Crippen LogP contribution in [-0.4, -0.2) is 21.1 Å². The minimum absolute atomic E-state index is 0.327. The van der Waals surface area contributed by atoms with Crippen molar-refractivity contribution in [1.29, 1.82) is 0 Å². The number of hydrogen-bond donors (Lipinski definition) is 2. The van der Waals surface area contributed by atoms with Crippen molar-refractivity contribution in [1.82, 2.24) is 15.2 Å². The van der Waals surface area contributed by atoms with E-state index in [2.05, 4.69) is 20.5 Å². The van der Waals surface area contributed by atoms with E-state index in [1.165, 1.54) is 6.20 Å². The Kier molecular flexibility index (Phi) is 2.89. The Morgan fingerprint density at radius 2 is 2.11 bits per heavy atom. The van der Waals surface area contributed by atoms with Crippen molar-refractivity contribution in [2.75, 3.05) is 5.32 Å². The lowest BCUT2D eigenvalue weighted by Crippen LogP contribution is -2.13. The zero-order valence-electron chi connectivity index (χ0n) is 9.72. The molecule has 0 aliphatic rings. The summed E-state index contributed by atoms with van der Waals surface area (Å²) in [5.41, 5.74) is 1.60. The number of anilines is 1. The number of rotatable bonds is 2. The lowest BCUT2D eigenvalue weighted by atomic mass is 10.2. The number of nitrogens with zero attached hydrogens (tertiary/aromatic N) is 2. The van der Waals surface area contributed by atoms with Crippen LogP contribution < -0.4 is 5.32 Å². The van der Waals surface area contributed by atoms with Crippen LogP contribution in [0.3, 0.4) is 0 Å². The van der Waals surface area contributed by atoms with Crippen LogP contribution >= 0.6 is 11.6 Å². The molecule has 0 saturated heterocycles. The molecule has 2 N–H and O–H groups in total. The molecular formula is C13H9ClN4O. The number of nitrogens with one attached hydrogen (secondary N) is 2. The second-order valence-corrected chi connectivity index (χ2v) is 4.33. The first-order valence-electron chi connectivity index (χ1n) is 5.59. The van der Waals surface area contributed by atoms with E-state index in [9.17, 15) is 4.79 Å². The van der Waals surface area contributed by atoms with Crippen molar-refractivity contribution in [2.24, 2.45) is 0 Å². The fourth-order valence-corrected chi connectivity index (χ4v) is 1.94. The predicted molar refractivity (Wildman–Crippen MR) is 73.3 cm³/mol. The molecule has 0 fully saturated rings. The van der Waals surface area contributed by atoms with Gasteiger partial charge in [-0.25, -0.2) is 0 Å². The Bertz CT molecular complexity index is 753. The van der Waals surface area contributed by atoms with Crippen molar-refractivity contribution >= 4 is 34.1 Å². The number of aromatic nitrogens is 3. The number of carbonyl (C=O) groups is 1. The molecule has 1 aromatic carbocycles. The number of pyridine rings is 1. The van der Waals surface area contributed by atoms with Crippen molar-refractivity contribution in [3.8, 4) is 0 Å². The van der Waals surface area contributed by atoms with Gasteiger partial charge in [0.15, 0.2) is 5.69 Å². The van der Waals surface area contributed by atoms with Crippen LogP contribution in [0.2, 0.25) is 5.02 Å². The molecular weight excluding hydrogens is 264 g/mol. The molecule has 5 nitrogen and oxygen atoms in total. The maximum atomic E-state index is 12.2. The number of fused-ring (bicyclic) bond motifs is 1. The van der Waals surface area contributed by atoms with Crippen LogP contribution in [0, 0.1) is 0 Å². The highest BCUT2D eigenvalue weighted by molar-refractivity contribution is 6.33. The van der Waals surface area contributed by atoms with Crippen LogP contribution in [0.4, 0.5) is 5.69 Å². The van der Waals surface area contributed by atoms with Crippen LogP contribution in [0.15, 0.2) is 42.7 Å². The van der Waals surface area contributed by atoms with Gasteiger partial charge in [-0.2, -0.15) is 5.10 Å². The van der Waals surface area contributed by atoms with Gasteiger partial charge in [0.2, 0.25) is 0 Å². The molecule has 0 saturated carbocycles. The van der Waals surface area contributed by atoms with Crippen molar-refractivity contribution < 1.29 is 4.79 Å². The van der Waals surface area contributed by atoms with Crippen molar-refractivity contribution in [2.45, 2.75) is 0 Å². The molecule has 19 heavy (non-hydrogen) atoms. The molecule has 94 valence electrons. The third kappa shape index (κ3) is 2.15. The maximum Gasteiger partial charge on any atom is 0.276 e. The molecule has 0 atom stereocenters. The number of benzene rings is 1. The summed E-state index contributed by atoms with van der Waals surface area (Å²) in [6, 6.07) is 9.03. The highest BCUT2D eigenvalue weighted by Gasteiger charge is 2.14. The van der Waals surface area contributed by atoms with Gasteiger partial charge in [0.1, 0.15) is 0 Å². The van der Waals surface area contributed by atoms with Crippen molar-refractivity contribution in [3.05, 3.63) is 53.4 Å². The molecule has 6 heteroatoms. The summed E-state index contributed by atoms with van der Waals surface area (Å²) >= 11 is 5.97. The standard InChI is InChI=1S/C13H9ClN4O/c14-9-5-6-15-7-11(9)16-13(19)12-8-3-1-2-4-10(8)17-18-12/h1-7H,(H,16,19)(H,17,18). The van der Waals surface area contributed by atoms with Gasteiger partial charge < -0.3 is 5.32 Å². The van der Waals surface area contributed by atoms with E-state index in [-0.39, 0.29) is 5.91 Å². The van der Waals surface area contributed by atoms with E-state index in [0.717, 1.165) is 10.9 Å². The SMILES string of the molecule is O=C(Nc1cnccc1Cl)c1n[nH]c2ccccc12. The van der Waals surface area contributed by atoms with Crippen LogP contribution in [0.5, 0.6) is 0 Å². The van der Waals surface area contributed by atoms with Gasteiger partial charge in [0.05, 0.1) is 22.4 Å². The summed E-state index contributed by atoms with van der Waals surface area (Å²) in [6.07, 6.45) is 3.05. The fraction of sp³-hybridized carbons (Fsp3) is 0. The van der Waals surface area contributed by atoms with E-state index < -0.39 is 0 Å². The average Bonchev–Trinajstić information content (AvgIpc) is 2.85. The minimum atomic E-state index is -0.327. The van der Waals surface area contributed by atoms with Crippen LogP contribution in [-0.2, 0) is 0 Å². The fourth-order valence-electron chi connectivity index (χ4n) is 1.79. The summed E-state index contributed by atoms with van der Waals surface area (Å²) in [4.78, 5) is 16.1. The lowest BCUT2D eigenvalue weighted by molar-refractivity contribution is 0.102. The molecule has 0 aliphatic carbocycles. The van der Waals surface area contributed by atoms with Gasteiger partial charge in [0, 0.05) is 11.6 Å². The number of amides is 1. The lowest BCUT2D eigenvalue weighted by Gasteiger charge is -2.04. The first kappa shape index (κ1) is 11.7. The molecule has 0 radical (unpaired) electrons. The molecule has 0 spiro atoms. The van der Waals surface area contributed by atoms with E-state index in [1.54, 1.807) is 12.3 Å². The second-order valence-electron chi connectivity index (χ2n) is 3.93. The van der Waals surface area contributed by atoms with Gasteiger partial charge in [-0.1, -0.05) is 29.8 Å². The molecule has 2 heterocycles. The van der Waals surface area contributed by atoms with E-state index in [1.807, 2.05) is 24.3 Å². The van der Waals surface area contributed by atoms with Crippen molar-refractivity contribution in [3.63, 3.8) is 0 Å². The first-order chi connectivity index (χ1) is 9.25. The van der Waals surface area contributed by atoms with Crippen LogP contribution in [0.1, 0.15) is 10.5 Å². The van der Waals surface area contributed by atoms with Gasteiger partial charge in [-0.3, -0.25) is 14.9 Å². The first-order valence-corrected chi connectivity index (χ1v) is 5.97. The maximum absolute atomic E-state index is 12.2. The molecule has 1 amide bonds. The Balaban J connectivity index is 1.95. The Labute approximate surface area is 113 Å². The second kappa shape index (κ2) is 4.70. The number of hydrogen-bond acceptors (Lipinski definition) is 3. The topological polar surface area (TPSA) is 70.7 Å². The number of aromatic amines is 1. The van der Waals surface area contributed by atoms with E-state index >= 15 is 0 Å². The monoisotopic (exact) mass is 272 g/mol. The summed E-state index contributed by atoms with van der Waals surface area (Å²) in [5.74, 6) is -0.327. The summed E-state index contributed by atoms with van der Waals surface area (Å²) in [6.45, 7) is 0. The highest BCUT2D eigenvalue weighted by atomic mass is 35.5. The summed E-state index contributed by atoms with van der Waals surface area (Å²) in [5, 5.41) is 10.7. The largest absolute Gasteiger partial charge is 0.318 e. The zero-order valence-corrected chi connectivity index (χ0v) is 10.5. The van der Waals surface area contributed by atoms with Crippen LogP contribution in [0.25, 0.3) is 10.9 Å². The molecule has 0 aliphatic heterocycles. The Hall–Kier alpha value is -2.40. The van der Waals surface area contributed by atoms with E-state index in [0.29, 0.717) is 16.4 Å². The summed E-state index contributed by atoms with van der Waals surface area (Å²) < 4.78 is 0. The number of para-hydroxylation sites is 1. The average molecular weight is 273 g/mol. The molecule has 0 bridgehead atoms. The third-order valence-corrected chi connectivity index (χ3v) is 3.03. The minimum Gasteiger partial charge on any atom is -0.318 e. The van der Waals surface area contributed by atoms with Gasteiger partial charge in [0.25, 0.3) is 5.91 Å². The smallest absolute Gasteiger partial charge is 0.276 e. The summed E-state index contributed by atoms with van der Waals surface area (Å²) in [7, 11) is 0. The molecule has 3 aromatic rings. The third-order valence-electron chi connectivity index (χ3n) is 2.70. The van der Waals surface area contributed by atoms with Gasteiger partial charge in [-0.15, -0.1) is 0 Å². The predicted octanol–water partition coefficient (Wildman–Crippen LogP) is 2.86. The number of H-pyrrole nitrogens is 1. The highest BCUT2D eigenvalue weighted by Crippen LogP contribution is 2.21. The van der Waals surface area contributed by atoms with Gasteiger partial charge in [-0.05, 0) is 12.1 Å². The molecule has 2 aromatic heterocycles. The van der Waals surface area contributed by atoms with Gasteiger partial charge >= 0.3 is 0 Å². The molecule has 3 rings (SSSR count). The number of halogens is 1. The molecule has 0 unspecified atom stereocenters. The quantitative estimate of drug-likeness (QED) is 0.753. The Morgan fingerprint density at radius 1 is 1.26 bits per heavy atom. The van der Waals surface area contributed by atoms with E-state index in [4.69, 9.17) is 11.6 Å². The number of carbonyl (C=O) groups excluding carboxylic acids is 1. The normalized spacial score (nSPS) is 10.6.